The molecule has 0 unspecified atom stereocenters. The van der Waals surface area contributed by atoms with Gasteiger partial charge in [0, 0.05) is 36.6 Å². The van der Waals surface area contributed by atoms with E-state index in [1.54, 1.807) is 18.5 Å². The molecule has 0 aliphatic rings. The highest BCUT2D eigenvalue weighted by atomic mass is 16.1. The molecule has 3 aromatic heterocycles. The summed E-state index contributed by atoms with van der Waals surface area (Å²) in [5, 5.41) is 10.9. The number of imidazole rings is 1. The minimum Gasteiger partial charge on any atom is -0.371 e. The van der Waals surface area contributed by atoms with Gasteiger partial charge < -0.3 is 20.9 Å². The number of hydrogen-bond acceptors (Lipinski definition) is 6. The number of aryl methyl sites for hydroxylation is 1. The Morgan fingerprint density at radius 2 is 1.91 bits per heavy atom. The average molecular weight is 457 g/mol. The van der Waals surface area contributed by atoms with Gasteiger partial charge in [-0.1, -0.05) is 6.07 Å². The molecule has 3 heterocycles. The number of benzene rings is 2. The van der Waals surface area contributed by atoms with Crippen molar-refractivity contribution in [2.24, 2.45) is 0 Å². The van der Waals surface area contributed by atoms with Crippen molar-refractivity contribution in [3.63, 3.8) is 0 Å². The quantitative estimate of drug-likeness (QED) is 0.308. The topological polar surface area (TPSA) is 129 Å². The van der Waals surface area contributed by atoms with E-state index in [1.807, 2.05) is 49.5 Å². The predicted octanol–water partition coefficient (Wildman–Crippen LogP) is 4.51. The summed E-state index contributed by atoms with van der Waals surface area (Å²) in [6.45, 7) is 7.69. The molecule has 0 spiro atoms. The lowest BCUT2D eigenvalue weighted by molar-refractivity contribution is 0.102. The van der Waals surface area contributed by atoms with Crippen LogP contribution in [0.5, 0.6) is 0 Å². The van der Waals surface area contributed by atoms with Crippen molar-refractivity contribution >= 4 is 45.2 Å². The van der Waals surface area contributed by atoms with Crippen LogP contribution in [-0.4, -0.2) is 44.1 Å². The van der Waals surface area contributed by atoms with Gasteiger partial charge in [-0.25, -0.2) is 4.98 Å². The Hall–Kier alpha value is -4.40. The number of anilines is 3. The van der Waals surface area contributed by atoms with E-state index in [4.69, 9.17) is 5.73 Å². The molecule has 2 aromatic carbocycles. The maximum Gasteiger partial charge on any atom is 0.257 e. The molecule has 0 fully saturated rings. The number of hydrogen-bond donors (Lipinski definition) is 4. The molecule has 5 N–H and O–H groups in total. The number of fused-ring (bicyclic) bond motifs is 2. The summed E-state index contributed by atoms with van der Waals surface area (Å²) in [6, 6.07) is 13.3. The third-order valence-electron chi connectivity index (χ3n) is 5.48. The molecule has 5 aromatic rings. The molecule has 5 rings (SSSR count). The van der Waals surface area contributed by atoms with Crippen molar-refractivity contribution in [3.8, 4) is 0 Å². The fourth-order valence-electron chi connectivity index (χ4n) is 3.73. The third-order valence-corrected chi connectivity index (χ3v) is 5.48. The fourth-order valence-corrected chi connectivity index (χ4v) is 3.73. The maximum absolute atomic E-state index is 13.1. The normalized spacial score (nSPS) is 10.7. The van der Waals surface area contributed by atoms with Crippen LogP contribution in [0.3, 0.4) is 0 Å². The first-order valence-electron chi connectivity index (χ1n) is 11.1. The summed E-state index contributed by atoms with van der Waals surface area (Å²) >= 11 is 0. The highest BCUT2D eigenvalue weighted by Gasteiger charge is 2.18. The van der Waals surface area contributed by atoms with E-state index in [-0.39, 0.29) is 5.91 Å². The average Bonchev–Trinajstić information content (AvgIpc) is 3.45. The fraction of sp³-hybridized carbons (Fsp3) is 0.200. The monoisotopic (exact) mass is 456 g/mol. The van der Waals surface area contributed by atoms with E-state index in [0.29, 0.717) is 17.2 Å². The summed E-state index contributed by atoms with van der Waals surface area (Å²) in [7, 11) is 0. The summed E-state index contributed by atoms with van der Waals surface area (Å²) in [4.78, 5) is 26.4. The van der Waals surface area contributed by atoms with Crippen molar-refractivity contribution < 1.29 is 4.79 Å². The van der Waals surface area contributed by atoms with E-state index in [9.17, 15) is 4.79 Å². The Morgan fingerprint density at radius 1 is 1.09 bits per heavy atom. The number of nitrogens with zero attached hydrogens (tertiary/aromatic N) is 4. The summed E-state index contributed by atoms with van der Waals surface area (Å²) in [6.07, 6.45) is 5.35. The molecule has 0 bridgehead atoms. The first-order chi connectivity index (χ1) is 16.5. The molecule has 0 atom stereocenters. The Kier molecular flexibility index (Phi) is 6.72. The van der Waals surface area contributed by atoms with Gasteiger partial charge in [0.25, 0.3) is 5.91 Å². The Balaban J connectivity index is 0.000000336. The summed E-state index contributed by atoms with van der Waals surface area (Å²) < 4.78 is 0. The van der Waals surface area contributed by atoms with Gasteiger partial charge in [-0.2, -0.15) is 5.10 Å². The number of nitrogens with one attached hydrogen (secondary N) is 3. The molecule has 0 aliphatic heterocycles. The molecule has 0 aliphatic carbocycles. The van der Waals surface area contributed by atoms with Crippen molar-refractivity contribution in [2.75, 3.05) is 29.0 Å². The second-order valence-corrected chi connectivity index (χ2v) is 7.84. The van der Waals surface area contributed by atoms with Gasteiger partial charge in [0.15, 0.2) is 5.95 Å². The van der Waals surface area contributed by atoms with Crippen molar-refractivity contribution in [2.45, 2.75) is 20.8 Å². The van der Waals surface area contributed by atoms with E-state index >= 15 is 0 Å². The first kappa shape index (κ1) is 22.8. The predicted molar refractivity (Wildman–Crippen MR) is 137 cm³/mol. The van der Waals surface area contributed by atoms with Crippen molar-refractivity contribution in [1.82, 2.24) is 25.1 Å². The van der Waals surface area contributed by atoms with Crippen LogP contribution >= 0.6 is 0 Å². The van der Waals surface area contributed by atoms with Crippen LogP contribution in [0.25, 0.3) is 21.9 Å². The van der Waals surface area contributed by atoms with Crippen LogP contribution in [0, 0.1) is 6.92 Å². The smallest absolute Gasteiger partial charge is 0.257 e. The van der Waals surface area contributed by atoms with Gasteiger partial charge >= 0.3 is 0 Å². The molecule has 174 valence electrons. The largest absolute Gasteiger partial charge is 0.371 e. The molecule has 1 amide bonds. The molecule has 9 nitrogen and oxygen atoms in total. The van der Waals surface area contributed by atoms with E-state index in [0.717, 1.165) is 40.7 Å². The maximum atomic E-state index is 13.1. The number of aromatic nitrogens is 5. The minimum absolute atomic E-state index is 0.189. The number of carbonyl (C=O) groups excluding carboxylic acids is 1. The Labute approximate surface area is 197 Å². The highest BCUT2D eigenvalue weighted by molar-refractivity contribution is 6.11. The van der Waals surface area contributed by atoms with Gasteiger partial charge in [-0.15, -0.1) is 0 Å². The minimum atomic E-state index is -0.189. The van der Waals surface area contributed by atoms with Gasteiger partial charge in [-0.3, -0.25) is 14.9 Å². The molecule has 34 heavy (non-hydrogen) atoms. The number of rotatable bonds is 5. The van der Waals surface area contributed by atoms with Crippen LogP contribution in [0.2, 0.25) is 0 Å². The lowest BCUT2D eigenvalue weighted by Gasteiger charge is -2.23. The van der Waals surface area contributed by atoms with Crippen LogP contribution in [0.15, 0.2) is 61.1 Å². The molecule has 0 saturated carbocycles. The standard InChI is InChI=1S/C19H21N7O.C6H7N/c1-3-26(4-2)17-9-16-15(23-19(20)24-16)8-13(17)18(27)22-12-6-5-11-10-21-25-14(11)7-12;1-6-3-2-4-7-5-6/h5-10H,3-4H2,1-2H3,(H,21,25)(H,22,27)(H3,20,23,24);2-5H,1H3. The summed E-state index contributed by atoms with van der Waals surface area (Å²) in [5.74, 6) is 0.142. The highest BCUT2D eigenvalue weighted by Crippen LogP contribution is 2.28. The SMILES string of the molecule is CCN(CC)c1cc2nc(N)[nH]c2cc1C(=O)Nc1ccc2cn[nH]c2c1.Cc1cccnc1. The zero-order valence-corrected chi connectivity index (χ0v) is 19.5. The zero-order chi connectivity index (χ0) is 24.1. The molecular formula is C25H28N8O. The number of H-pyrrole nitrogens is 2. The van der Waals surface area contributed by atoms with Crippen LogP contribution in [0.4, 0.5) is 17.3 Å². The van der Waals surface area contributed by atoms with Gasteiger partial charge in [0.2, 0.25) is 0 Å². The lowest BCUT2D eigenvalue weighted by Crippen LogP contribution is -2.25. The Bertz CT molecular complexity index is 1400. The second-order valence-electron chi connectivity index (χ2n) is 7.84. The number of pyridine rings is 1. The van der Waals surface area contributed by atoms with Crippen LogP contribution in [-0.2, 0) is 0 Å². The Morgan fingerprint density at radius 3 is 2.59 bits per heavy atom. The number of nitrogens with two attached hydrogens (primary N) is 1. The van der Waals surface area contributed by atoms with E-state index < -0.39 is 0 Å². The van der Waals surface area contributed by atoms with Gasteiger partial charge in [0.05, 0.1) is 34.0 Å². The number of amides is 1. The second kappa shape index (κ2) is 10.0. The van der Waals surface area contributed by atoms with E-state index in [2.05, 4.69) is 49.2 Å². The molecule has 9 heteroatoms. The number of carbonyl (C=O) groups is 1. The lowest BCUT2D eigenvalue weighted by atomic mass is 10.1. The molecular weight excluding hydrogens is 428 g/mol. The van der Waals surface area contributed by atoms with Crippen molar-refractivity contribution in [3.05, 3.63) is 72.2 Å². The van der Waals surface area contributed by atoms with E-state index in [1.165, 1.54) is 5.56 Å². The first-order valence-corrected chi connectivity index (χ1v) is 11.1. The van der Waals surface area contributed by atoms with Gasteiger partial charge in [0.1, 0.15) is 0 Å². The molecule has 0 radical (unpaired) electrons. The molecule has 0 saturated heterocycles. The van der Waals surface area contributed by atoms with Gasteiger partial charge in [-0.05, 0) is 62.7 Å². The van der Waals surface area contributed by atoms with Crippen LogP contribution < -0.4 is 16.0 Å². The van der Waals surface area contributed by atoms with Crippen LogP contribution in [0.1, 0.15) is 29.8 Å². The van der Waals surface area contributed by atoms with Crippen molar-refractivity contribution in [1.29, 1.82) is 0 Å². The zero-order valence-electron chi connectivity index (χ0n) is 19.5. The third kappa shape index (κ3) is 4.98. The number of nitrogen functional groups attached to an aromatic ring is 1. The number of aromatic amines is 2. The summed E-state index contributed by atoms with van der Waals surface area (Å²) in [5.41, 5.74) is 11.4.